The highest BCUT2D eigenvalue weighted by atomic mass is 32.2. The van der Waals surface area contributed by atoms with Crippen LogP contribution in [0.1, 0.15) is 34.6 Å². The minimum absolute atomic E-state index is 0.0603. The van der Waals surface area contributed by atoms with Crippen molar-refractivity contribution in [2.24, 2.45) is 0 Å². The summed E-state index contributed by atoms with van der Waals surface area (Å²) in [6.07, 6.45) is -0.358. The smallest absolute Gasteiger partial charge is 0.410 e. The van der Waals surface area contributed by atoms with Crippen LogP contribution in [0.25, 0.3) is 0 Å². The molecule has 0 aliphatic carbocycles. The van der Waals surface area contributed by atoms with Gasteiger partial charge in [-0.3, -0.25) is 4.79 Å². The lowest BCUT2D eigenvalue weighted by molar-refractivity contribution is -0.109. The van der Waals surface area contributed by atoms with Crippen LogP contribution in [0, 0.1) is 0 Å². The van der Waals surface area contributed by atoms with Crippen molar-refractivity contribution in [3.63, 3.8) is 0 Å². The van der Waals surface area contributed by atoms with Gasteiger partial charge >= 0.3 is 6.09 Å². The molecule has 0 saturated heterocycles. The van der Waals surface area contributed by atoms with E-state index in [9.17, 15) is 9.59 Å². The van der Waals surface area contributed by atoms with Crippen molar-refractivity contribution in [1.29, 1.82) is 0 Å². The van der Waals surface area contributed by atoms with Gasteiger partial charge in [-0.05, 0) is 20.8 Å². The molecule has 4 nitrogen and oxygen atoms in total. The van der Waals surface area contributed by atoms with Gasteiger partial charge in [0, 0.05) is 25.8 Å². The second-order valence-corrected chi connectivity index (χ2v) is 6.40. The SMILES string of the molecule is CC(=O)SC(C)CN(C)C(=O)OC(C)(C)C. The average Bonchev–Trinajstić information content (AvgIpc) is 1.98. The molecule has 0 N–H and O–H groups in total. The normalized spacial score (nSPS) is 13.1. The first kappa shape index (κ1) is 15.3. The predicted octanol–water partition coefficient (Wildman–Crippen LogP) is 2.52. The Hall–Kier alpha value is -0.710. The Morgan fingerprint density at radius 2 is 1.88 bits per heavy atom. The number of thioether (sulfide) groups is 1. The fourth-order valence-electron chi connectivity index (χ4n) is 1.12. The highest BCUT2D eigenvalue weighted by Gasteiger charge is 2.21. The van der Waals surface area contributed by atoms with Gasteiger partial charge in [-0.25, -0.2) is 4.79 Å². The van der Waals surface area contributed by atoms with E-state index < -0.39 is 5.60 Å². The molecule has 0 saturated carbocycles. The number of nitrogens with zero attached hydrogens (tertiary/aromatic N) is 1. The van der Waals surface area contributed by atoms with E-state index in [4.69, 9.17) is 4.74 Å². The number of hydrogen-bond acceptors (Lipinski definition) is 4. The van der Waals surface area contributed by atoms with E-state index in [2.05, 4.69) is 0 Å². The minimum Gasteiger partial charge on any atom is -0.444 e. The second-order valence-electron chi connectivity index (χ2n) is 4.78. The van der Waals surface area contributed by atoms with Gasteiger partial charge in [0.25, 0.3) is 0 Å². The molecule has 0 aliphatic rings. The van der Waals surface area contributed by atoms with Crippen molar-refractivity contribution in [2.75, 3.05) is 13.6 Å². The molecule has 0 fully saturated rings. The quantitative estimate of drug-likeness (QED) is 0.769. The lowest BCUT2D eigenvalue weighted by Crippen LogP contribution is -2.37. The Morgan fingerprint density at radius 3 is 2.25 bits per heavy atom. The summed E-state index contributed by atoms with van der Waals surface area (Å²) in [6.45, 7) is 9.41. The van der Waals surface area contributed by atoms with Crippen LogP contribution in [0.5, 0.6) is 0 Å². The fourth-order valence-corrected chi connectivity index (χ4v) is 1.99. The summed E-state index contributed by atoms with van der Waals surface area (Å²) in [7, 11) is 1.67. The van der Waals surface area contributed by atoms with Crippen LogP contribution in [0.15, 0.2) is 0 Å². The molecule has 0 aliphatic heterocycles. The van der Waals surface area contributed by atoms with Gasteiger partial charge in [-0.15, -0.1) is 0 Å². The molecule has 0 aromatic rings. The molecule has 0 rings (SSSR count). The van der Waals surface area contributed by atoms with E-state index in [-0.39, 0.29) is 16.5 Å². The average molecular weight is 247 g/mol. The first-order valence-electron chi connectivity index (χ1n) is 5.23. The summed E-state index contributed by atoms with van der Waals surface area (Å²) in [5.74, 6) is 0. The predicted molar refractivity (Wildman–Crippen MR) is 66.6 cm³/mol. The summed E-state index contributed by atoms with van der Waals surface area (Å²) < 4.78 is 5.20. The molecule has 94 valence electrons. The fraction of sp³-hybridized carbons (Fsp3) is 0.818. The van der Waals surface area contributed by atoms with Crippen LogP contribution in [-0.4, -0.2) is 40.6 Å². The largest absolute Gasteiger partial charge is 0.444 e. The van der Waals surface area contributed by atoms with Crippen molar-refractivity contribution < 1.29 is 14.3 Å². The van der Waals surface area contributed by atoms with Crippen molar-refractivity contribution in [3.8, 4) is 0 Å². The van der Waals surface area contributed by atoms with E-state index in [1.807, 2.05) is 27.7 Å². The van der Waals surface area contributed by atoms with Crippen LogP contribution in [0.3, 0.4) is 0 Å². The minimum atomic E-state index is -0.484. The van der Waals surface area contributed by atoms with Gasteiger partial charge in [0.05, 0.1) is 0 Å². The van der Waals surface area contributed by atoms with E-state index >= 15 is 0 Å². The number of ether oxygens (including phenoxy) is 1. The molecule has 1 unspecified atom stereocenters. The third kappa shape index (κ3) is 7.56. The zero-order valence-electron chi connectivity index (χ0n) is 10.9. The Morgan fingerprint density at radius 1 is 1.38 bits per heavy atom. The maximum Gasteiger partial charge on any atom is 0.410 e. The van der Waals surface area contributed by atoms with Gasteiger partial charge in [-0.1, -0.05) is 18.7 Å². The van der Waals surface area contributed by atoms with Crippen LogP contribution in [0.2, 0.25) is 0 Å². The Balaban J connectivity index is 4.10. The molecule has 0 aromatic heterocycles. The first-order chi connectivity index (χ1) is 7.11. The molecule has 0 spiro atoms. The summed E-state index contributed by atoms with van der Waals surface area (Å²) in [5, 5.41) is 0.139. The zero-order chi connectivity index (χ0) is 12.9. The standard InChI is InChI=1S/C11H21NO3S/c1-8(16-9(2)13)7-12(6)10(14)15-11(3,4)5/h8H,7H2,1-6H3. The summed E-state index contributed by atoms with van der Waals surface area (Å²) >= 11 is 1.23. The molecule has 0 bridgehead atoms. The van der Waals surface area contributed by atoms with Crippen molar-refractivity contribution in [2.45, 2.75) is 45.5 Å². The highest BCUT2D eigenvalue weighted by Crippen LogP contribution is 2.14. The number of hydrogen-bond donors (Lipinski definition) is 0. The maximum atomic E-state index is 11.6. The number of rotatable bonds is 3. The first-order valence-corrected chi connectivity index (χ1v) is 6.11. The Kier molecular flexibility index (Phi) is 5.86. The van der Waals surface area contributed by atoms with Crippen LogP contribution >= 0.6 is 11.8 Å². The molecule has 16 heavy (non-hydrogen) atoms. The highest BCUT2D eigenvalue weighted by molar-refractivity contribution is 8.14. The van der Waals surface area contributed by atoms with E-state index in [1.54, 1.807) is 7.05 Å². The molecular formula is C11H21NO3S. The zero-order valence-corrected chi connectivity index (χ0v) is 11.7. The second kappa shape index (κ2) is 6.13. The summed E-state index contributed by atoms with van der Waals surface area (Å²) in [4.78, 5) is 23.9. The monoisotopic (exact) mass is 247 g/mol. The molecule has 1 atom stereocenters. The van der Waals surface area contributed by atoms with Crippen LogP contribution in [0.4, 0.5) is 4.79 Å². The van der Waals surface area contributed by atoms with Crippen molar-refractivity contribution in [3.05, 3.63) is 0 Å². The Bertz CT molecular complexity index is 260. The number of carbonyl (C=O) groups is 2. The molecule has 0 radical (unpaired) electrons. The lowest BCUT2D eigenvalue weighted by atomic mass is 10.2. The Labute approximate surface area is 102 Å². The van der Waals surface area contributed by atoms with Gasteiger partial charge < -0.3 is 9.64 Å². The van der Waals surface area contributed by atoms with Crippen LogP contribution in [-0.2, 0) is 9.53 Å². The van der Waals surface area contributed by atoms with Gasteiger partial charge in [0.1, 0.15) is 5.60 Å². The molecule has 5 heteroatoms. The molecule has 0 heterocycles. The molecule has 0 aromatic carbocycles. The van der Waals surface area contributed by atoms with Gasteiger partial charge in [0.15, 0.2) is 5.12 Å². The van der Waals surface area contributed by atoms with Gasteiger partial charge in [-0.2, -0.15) is 0 Å². The topological polar surface area (TPSA) is 46.6 Å². The van der Waals surface area contributed by atoms with E-state index in [0.29, 0.717) is 6.54 Å². The molecule has 1 amide bonds. The van der Waals surface area contributed by atoms with Crippen molar-refractivity contribution in [1.82, 2.24) is 4.90 Å². The van der Waals surface area contributed by atoms with E-state index in [1.165, 1.54) is 23.6 Å². The number of amides is 1. The lowest BCUT2D eigenvalue weighted by Gasteiger charge is -2.26. The summed E-state index contributed by atoms with van der Waals surface area (Å²) in [6, 6.07) is 0. The van der Waals surface area contributed by atoms with Crippen LogP contribution < -0.4 is 0 Å². The van der Waals surface area contributed by atoms with Crippen molar-refractivity contribution >= 4 is 23.0 Å². The third-order valence-corrected chi connectivity index (χ3v) is 2.49. The number of carbonyl (C=O) groups excluding carboxylic acids is 2. The van der Waals surface area contributed by atoms with E-state index in [0.717, 1.165) is 0 Å². The van der Waals surface area contributed by atoms with Gasteiger partial charge in [0.2, 0.25) is 0 Å². The third-order valence-electron chi connectivity index (χ3n) is 1.60. The molecular weight excluding hydrogens is 226 g/mol. The summed E-state index contributed by atoms with van der Waals surface area (Å²) in [5.41, 5.74) is -0.484. The maximum absolute atomic E-state index is 11.6.